The summed E-state index contributed by atoms with van der Waals surface area (Å²) in [5.74, 6) is 0.748. The Kier molecular flexibility index (Phi) is 3.87. The summed E-state index contributed by atoms with van der Waals surface area (Å²) in [7, 11) is 0. The van der Waals surface area contributed by atoms with Crippen LogP contribution in [0, 0.1) is 5.92 Å². The number of ketones is 1. The molecule has 0 fully saturated rings. The lowest BCUT2D eigenvalue weighted by molar-refractivity contribution is 0.101. The summed E-state index contributed by atoms with van der Waals surface area (Å²) in [6.07, 6.45) is 1.05. The van der Waals surface area contributed by atoms with Crippen LogP contribution in [-0.2, 0) is 6.42 Å². The first kappa shape index (κ1) is 11.4. The minimum absolute atomic E-state index is 0.105. The molecule has 0 aromatic heterocycles. The summed E-state index contributed by atoms with van der Waals surface area (Å²) in [5.41, 5.74) is 2.04. The van der Waals surface area contributed by atoms with Crippen LogP contribution in [0.2, 0.25) is 0 Å². The normalized spacial score (nSPS) is 10.6. The van der Waals surface area contributed by atoms with Gasteiger partial charge < -0.3 is 0 Å². The highest BCUT2D eigenvalue weighted by Crippen LogP contribution is 2.20. The van der Waals surface area contributed by atoms with Gasteiger partial charge in [-0.3, -0.25) is 4.79 Å². The fourth-order valence-corrected chi connectivity index (χ4v) is 2.15. The Morgan fingerprint density at radius 2 is 2.07 bits per heavy atom. The van der Waals surface area contributed by atoms with Gasteiger partial charge in [-0.15, -0.1) is 0 Å². The van der Waals surface area contributed by atoms with Crippen LogP contribution < -0.4 is 0 Å². The lowest BCUT2D eigenvalue weighted by atomic mass is 10.0. The third kappa shape index (κ3) is 2.95. The topological polar surface area (TPSA) is 17.1 Å². The van der Waals surface area contributed by atoms with Crippen LogP contribution in [0.5, 0.6) is 0 Å². The van der Waals surface area contributed by atoms with Gasteiger partial charge in [-0.25, -0.2) is 0 Å². The van der Waals surface area contributed by atoms with Crippen molar-refractivity contribution in [3.05, 3.63) is 33.8 Å². The Morgan fingerprint density at radius 3 is 2.50 bits per heavy atom. The van der Waals surface area contributed by atoms with Gasteiger partial charge in [-0.1, -0.05) is 41.9 Å². The Hall–Kier alpha value is -0.630. The third-order valence-electron chi connectivity index (χ3n) is 2.06. The third-order valence-corrected chi connectivity index (χ3v) is 2.71. The van der Waals surface area contributed by atoms with E-state index in [0.29, 0.717) is 5.92 Å². The molecule has 14 heavy (non-hydrogen) atoms. The van der Waals surface area contributed by atoms with Gasteiger partial charge in [-0.2, -0.15) is 0 Å². The molecule has 0 aliphatic rings. The van der Waals surface area contributed by atoms with Gasteiger partial charge in [0.2, 0.25) is 0 Å². The lowest BCUT2D eigenvalue weighted by Crippen LogP contribution is -1.98. The minimum atomic E-state index is 0.105. The first-order chi connectivity index (χ1) is 6.50. The molecule has 0 spiro atoms. The second-order valence-corrected chi connectivity index (χ2v) is 4.82. The van der Waals surface area contributed by atoms with E-state index in [1.54, 1.807) is 6.92 Å². The Morgan fingerprint density at radius 1 is 1.43 bits per heavy atom. The molecule has 0 unspecified atom stereocenters. The van der Waals surface area contributed by atoms with E-state index in [4.69, 9.17) is 0 Å². The molecular formula is C12H15BrO. The summed E-state index contributed by atoms with van der Waals surface area (Å²) in [6, 6.07) is 5.96. The first-order valence-electron chi connectivity index (χ1n) is 4.80. The van der Waals surface area contributed by atoms with E-state index in [1.807, 2.05) is 18.2 Å². The molecule has 0 amide bonds. The van der Waals surface area contributed by atoms with Crippen LogP contribution in [0.4, 0.5) is 0 Å². The van der Waals surface area contributed by atoms with Gasteiger partial charge in [0.1, 0.15) is 0 Å². The average Bonchev–Trinajstić information content (AvgIpc) is 2.01. The van der Waals surface area contributed by atoms with Crippen LogP contribution in [-0.4, -0.2) is 5.78 Å². The highest BCUT2D eigenvalue weighted by atomic mass is 79.9. The molecule has 0 saturated carbocycles. The zero-order chi connectivity index (χ0) is 10.7. The minimum Gasteiger partial charge on any atom is -0.294 e. The van der Waals surface area contributed by atoms with Gasteiger partial charge >= 0.3 is 0 Å². The molecular weight excluding hydrogens is 240 g/mol. The number of benzene rings is 1. The van der Waals surface area contributed by atoms with Crippen molar-refractivity contribution in [3.63, 3.8) is 0 Å². The second kappa shape index (κ2) is 4.74. The maximum absolute atomic E-state index is 11.2. The van der Waals surface area contributed by atoms with E-state index in [0.717, 1.165) is 16.5 Å². The van der Waals surface area contributed by atoms with Gasteiger partial charge in [-0.05, 0) is 30.9 Å². The molecule has 0 heterocycles. The number of rotatable bonds is 3. The van der Waals surface area contributed by atoms with E-state index in [-0.39, 0.29) is 5.78 Å². The lowest BCUT2D eigenvalue weighted by Gasteiger charge is -2.07. The predicted octanol–water partition coefficient (Wildman–Crippen LogP) is 3.85. The van der Waals surface area contributed by atoms with Crippen LogP contribution >= 0.6 is 15.9 Å². The summed E-state index contributed by atoms with van der Waals surface area (Å²) < 4.78 is 0.906. The number of hydrogen-bond acceptors (Lipinski definition) is 1. The molecule has 1 aromatic carbocycles. The maximum atomic E-state index is 11.2. The Labute approximate surface area is 93.7 Å². The average molecular weight is 255 g/mol. The van der Waals surface area contributed by atoms with Gasteiger partial charge in [0.25, 0.3) is 0 Å². The second-order valence-electron chi connectivity index (χ2n) is 3.97. The van der Waals surface area contributed by atoms with Crippen molar-refractivity contribution in [1.82, 2.24) is 0 Å². The molecule has 0 radical (unpaired) electrons. The van der Waals surface area contributed by atoms with Crippen molar-refractivity contribution in [1.29, 1.82) is 0 Å². The molecule has 0 saturated heterocycles. The molecule has 1 aromatic rings. The quantitative estimate of drug-likeness (QED) is 0.750. The molecule has 0 aliphatic carbocycles. The summed E-state index contributed by atoms with van der Waals surface area (Å²) >= 11 is 3.42. The molecule has 1 rings (SSSR count). The van der Waals surface area contributed by atoms with Crippen LogP contribution in [0.25, 0.3) is 0 Å². The first-order valence-corrected chi connectivity index (χ1v) is 5.59. The zero-order valence-electron chi connectivity index (χ0n) is 8.80. The zero-order valence-corrected chi connectivity index (χ0v) is 10.4. The molecule has 0 aliphatic heterocycles. The standard InChI is InChI=1S/C12H15BrO/c1-8(2)6-10-4-5-11(9(3)14)12(13)7-10/h4-5,7-8H,6H2,1-3H3. The molecule has 0 bridgehead atoms. The molecule has 0 N–H and O–H groups in total. The Balaban J connectivity index is 2.94. The van der Waals surface area contributed by atoms with Crippen molar-refractivity contribution >= 4 is 21.7 Å². The molecule has 0 atom stereocenters. The molecule has 76 valence electrons. The number of carbonyl (C=O) groups excluding carboxylic acids is 1. The van der Waals surface area contributed by atoms with Gasteiger partial charge in [0, 0.05) is 10.0 Å². The summed E-state index contributed by atoms with van der Waals surface area (Å²) in [6.45, 7) is 5.96. The summed E-state index contributed by atoms with van der Waals surface area (Å²) in [5, 5.41) is 0. The molecule has 1 nitrogen and oxygen atoms in total. The fraction of sp³-hybridized carbons (Fsp3) is 0.417. The monoisotopic (exact) mass is 254 g/mol. The van der Waals surface area contributed by atoms with Gasteiger partial charge in [0.05, 0.1) is 0 Å². The van der Waals surface area contributed by atoms with Crippen LogP contribution in [0.1, 0.15) is 36.7 Å². The van der Waals surface area contributed by atoms with Crippen molar-refractivity contribution in [2.75, 3.05) is 0 Å². The van der Waals surface area contributed by atoms with Crippen molar-refractivity contribution < 1.29 is 4.79 Å². The van der Waals surface area contributed by atoms with E-state index < -0.39 is 0 Å². The van der Waals surface area contributed by atoms with Crippen molar-refractivity contribution in [2.24, 2.45) is 5.92 Å². The highest BCUT2D eigenvalue weighted by molar-refractivity contribution is 9.10. The van der Waals surface area contributed by atoms with Crippen molar-refractivity contribution in [2.45, 2.75) is 27.2 Å². The van der Waals surface area contributed by atoms with E-state index >= 15 is 0 Å². The van der Waals surface area contributed by atoms with E-state index in [1.165, 1.54) is 5.56 Å². The maximum Gasteiger partial charge on any atom is 0.160 e. The Bertz CT molecular complexity index is 342. The number of carbonyl (C=O) groups is 1. The number of Topliss-reactive ketones (excluding diaryl/α,β-unsaturated/α-hetero) is 1. The smallest absolute Gasteiger partial charge is 0.160 e. The van der Waals surface area contributed by atoms with Crippen molar-refractivity contribution in [3.8, 4) is 0 Å². The SMILES string of the molecule is CC(=O)c1ccc(CC(C)C)cc1Br. The largest absolute Gasteiger partial charge is 0.294 e. The van der Waals surface area contributed by atoms with Gasteiger partial charge in [0.15, 0.2) is 5.78 Å². The number of hydrogen-bond donors (Lipinski definition) is 0. The number of halogens is 1. The van der Waals surface area contributed by atoms with E-state index in [2.05, 4.69) is 29.8 Å². The highest BCUT2D eigenvalue weighted by Gasteiger charge is 2.06. The van der Waals surface area contributed by atoms with Crippen LogP contribution in [0.15, 0.2) is 22.7 Å². The predicted molar refractivity (Wildman–Crippen MR) is 62.7 cm³/mol. The molecule has 2 heteroatoms. The fourth-order valence-electron chi connectivity index (χ4n) is 1.44. The summed E-state index contributed by atoms with van der Waals surface area (Å²) in [4.78, 5) is 11.2. The van der Waals surface area contributed by atoms with E-state index in [9.17, 15) is 4.79 Å². The van der Waals surface area contributed by atoms with Crippen LogP contribution in [0.3, 0.4) is 0 Å².